The van der Waals surface area contributed by atoms with Crippen molar-refractivity contribution in [3.8, 4) is 0 Å². The van der Waals surface area contributed by atoms with Crippen molar-refractivity contribution in [3.63, 3.8) is 0 Å². The number of carbonyl (C=O) groups excluding carboxylic acids is 3. The number of piperidine rings is 1. The Morgan fingerprint density at radius 3 is 2.61 bits per heavy atom. The van der Waals surface area contributed by atoms with Crippen LogP contribution in [-0.4, -0.2) is 36.3 Å². The normalized spacial score (nSPS) is 31.7. The van der Waals surface area contributed by atoms with Crippen molar-refractivity contribution in [2.75, 3.05) is 6.54 Å². The number of benzene rings is 1. The molecule has 5 unspecified atom stereocenters. The molecule has 4 rings (SSSR count). The Bertz CT molecular complexity index is 736. The summed E-state index contributed by atoms with van der Waals surface area (Å²) in [6, 6.07) is 9.11. The maximum Gasteiger partial charge on any atom is 0.251 e. The highest BCUT2D eigenvalue weighted by Crippen LogP contribution is 2.44. The van der Waals surface area contributed by atoms with E-state index in [1.807, 2.05) is 6.07 Å². The summed E-state index contributed by atoms with van der Waals surface area (Å²) < 4.78 is 0. The molecule has 1 aromatic rings. The van der Waals surface area contributed by atoms with Crippen molar-refractivity contribution in [2.24, 2.45) is 17.8 Å². The molecule has 28 heavy (non-hydrogen) atoms. The van der Waals surface area contributed by atoms with Crippen LogP contribution in [0.5, 0.6) is 0 Å². The fourth-order valence-corrected chi connectivity index (χ4v) is 5.42. The molecule has 1 aromatic carbocycles. The topological polar surface area (TPSA) is 87.3 Å². The second-order valence-corrected chi connectivity index (χ2v) is 8.46. The highest BCUT2D eigenvalue weighted by atomic mass is 16.2. The minimum atomic E-state index is -0.248. The van der Waals surface area contributed by atoms with Gasteiger partial charge in [0.15, 0.2) is 0 Å². The van der Waals surface area contributed by atoms with Gasteiger partial charge in [-0.15, -0.1) is 0 Å². The summed E-state index contributed by atoms with van der Waals surface area (Å²) in [5.41, 5.74) is 0.544. The zero-order valence-electron chi connectivity index (χ0n) is 16.2. The molecule has 3 amide bonds. The average Bonchev–Trinajstić information content (AvgIpc) is 2.73. The molecule has 6 nitrogen and oxygen atoms in total. The van der Waals surface area contributed by atoms with Crippen LogP contribution in [0.25, 0.3) is 0 Å². The summed E-state index contributed by atoms with van der Waals surface area (Å²) in [5, 5.41) is 8.94. The molecule has 3 aliphatic rings. The van der Waals surface area contributed by atoms with Gasteiger partial charge in [0.25, 0.3) is 5.91 Å². The van der Waals surface area contributed by atoms with Crippen molar-refractivity contribution < 1.29 is 14.4 Å². The summed E-state index contributed by atoms with van der Waals surface area (Å²) in [6.07, 6.45) is 7.38. The first-order valence-corrected chi connectivity index (χ1v) is 10.5. The number of fused-ring (bicyclic) bond motifs is 3. The third kappa shape index (κ3) is 4.05. The highest BCUT2D eigenvalue weighted by Gasteiger charge is 2.46. The van der Waals surface area contributed by atoms with E-state index >= 15 is 0 Å². The Labute approximate surface area is 165 Å². The van der Waals surface area contributed by atoms with E-state index in [1.54, 1.807) is 24.3 Å². The van der Waals surface area contributed by atoms with Crippen molar-refractivity contribution in [2.45, 2.75) is 57.0 Å². The summed E-state index contributed by atoms with van der Waals surface area (Å²) in [7, 11) is 0. The van der Waals surface area contributed by atoms with E-state index in [0.717, 1.165) is 25.7 Å². The first-order chi connectivity index (χ1) is 13.6. The lowest BCUT2D eigenvalue weighted by Crippen LogP contribution is -2.59. The molecule has 2 saturated carbocycles. The Kier molecular flexibility index (Phi) is 5.64. The first kappa shape index (κ1) is 19.0. The van der Waals surface area contributed by atoms with E-state index < -0.39 is 0 Å². The zero-order chi connectivity index (χ0) is 19.5. The Balaban J connectivity index is 1.27. The molecule has 3 fully saturated rings. The monoisotopic (exact) mass is 383 g/mol. The molecule has 1 heterocycles. The summed E-state index contributed by atoms with van der Waals surface area (Å²) in [5.74, 6) is 1.07. The molecule has 0 spiro atoms. The fraction of sp³-hybridized carbons (Fsp3) is 0.591. The van der Waals surface area contributed by atoms with Crippen LogP contribution in [0.15, 0.2) is 30.3 Å². The van der Waals surface area contributed by atoms with Gasteiger partial charge in [0.1, 0.15) is 0 Å². The number of carbonyl (C=O) groups is 3. The molecule has 150 valence electrons. The van der Waals surface area contributed by atoms with Crippen LogP contribution in [0.1, 0.15) is 55.3 Å². The Hall–Kier alpha value is -2.37. The largest absolute Gasteiger partial charge is 0.353 e. The van der Waals surface area contributed by atoms with Crippen molar-refractivity contribution in [3.05, 3.63) is 35.9 Å². The van der Waals surface area contributed by atoms with Crippen molar-refractivity contribution in [1.82, 2.24) is 16.0 Å². The van der Waals surface area contributed by atoms with Gasteiger partial charge in [-0.25, -0.2) is 0 Å². The number of hydrogen-bond donors (Lipinski definition) is 3. The van der Waals surface area contributed by atoms with E-state index in [-0.39, 0.29) is 42.3 Å². The second-order valence-electron chi connectivity index (χ2n) is 8.46. The minimum absolute atomic E-state index is 0.0324. The molecule has 3 N–H and O–H groups in total. The maximum atomic E-state index is 12.5. The van der Waals surface area contributed by atoms with Gasteiger partial charge >= 0.3 is 0 Å². The molecular weight excluding hydrogens is 354 g/mol. The van der Waals surface area contributed by atoms with Crippen LogP contribution < -0.4 is 16.0 Å². The van der Waals surface area contributed by atoms with Crippen LogP contribution in [-0.2, 0) is 9.59 Å². The lowest BCUT2D eigenvalue weighted by atomic mass is 9.63. The number of amides is 3. The smallest absolute Gasteiger partial charge is 0.251 e. The van der Waals surface area contributed by atoms with Gasteiger partial charge in [0, 0.05) is 23.6 Å². The van der Waals surface area contributed by atoms with E-state index in [0.29, 0.717) is 17.4 Å². The average molecular weight is 383 g/mol. The standard InChI is InChI=1S/C22H29N3O3/c26-20(13-23-21(27)14-6-2-1-3-7-14)24-15-10-11-17-16-8-4-5-9-18(16)22(28)25-19(17)12-15/h1-3,6-7,15-19H,4-5,8-13H2,(H,23,27)(H,24,26)(H,25,28). The van der Waals surface area contributed by atoms with E-state index in [4.69, 9.17) is 0 Å². The first-order valence-electron chi connectivity index (χ1n) is 10.5. The molecule has 0 aromatic heterocycles. The number of hydrogen-bond acceptors (Lipinski definition) is 3. The van der Waals surface area contributed by atoms with Crippen molar-refractivity contribution in [1.29, 1.82) is 0 Å². The van der Waals surface area contributed by atoms with E-state index in [9.17, 15) is 14.4 Å². The predicted octanol–water partition coefficient (Wildman–Crippen LogP) is 2.01. The van der Waals surface area contributed by atoms with Gasteiger partial charge in [-0.3, -0.25) is 14.4 Å². The van der Waals surface area contributed by atoms with Gasteiger partial charge in [-0.2, -0.15) is 0 Å². The highest BCUT2D eigenvalue weighted by molar-refractivity contribution is 5.96. The SMILES string of the molecule is O=C(CNC(=O)c1ccccc1)NC1CCC2C(C1)NC(=O)C1CCCCC12. The van der Waals surface area contributed by atoms with E-state index in [2.05, 4.69) is 16.0 Å². The molecule has 0 bridgehead atoms. The summed E-state index contributed by atoms with van der Waals surface area (Å²) in [6.45, 7) is -0.0324. The van der Waals surface area contributed by atoms with Gasteiger partial charge in [0.2, 0.25) is 11.8 Å². The maximum absolute atomic E-state index is 12.5. The second kappa shape index (κ2) is 8.33. The van der Waals surface area contributed by atoms with Crippen LogP contribution >= 0.6 is 0 Å². The molecule has 5 atom stereocenters. The molecule has 6 heteroatoms. The molecule has 1 saturated heterocycles. The van der Waals surface area contributed by atoms with Gasteiger partial charge in [0.05, 0.1) is 6.54 Å². The van der Waals surface area contributed by atoms with Crippen molar-refractivity contribution >= 4 is 17.7 Å². The summed E-state index contributed by atoms with van der Waals surface area (Å²) in [4.78, 5) is 36.8. The third-order valence-electron chi connectivity index (χ3n) is 6.75. The quantitative estimate of drug-likeness (QED) is 0.743. The number of rotatable bonds is 4. The number of nitrogens with one attached hydrogen (secondary N) is 3. The van der Waals surface area contributed by atoms with Crippen LogP contribution in [0, 0.1) is 17.8 Å². The fourth-order valence-electron chi connectivity index (χ4n) is 5.42. The Morgan fingerprint density at radius 2 is 1.79 bits per heavy atom. The van der Waals surface area contributed by atoms with Crippen LogP contribution in [0.3, 0.4) is 0 Å². The lowest BCUT2D eigenvalue weighted by molar-refractivity contribution is -0.135. The molecular formula is C22H29N3O3. The summed E-state index contributed by atoms with van der Waals surface area (Å²) >= 11 is 0. The minimum Gasteiger partial charge on any atom is -0.353 e. The van der Waals surface area contributed by atoms with Gasteiger partial charge in [-0.05, 0) is 56.1 Å². The molecule has 2 aliphatic carbocycles. The van der Waals surface area contributed by atoms with Gasteiger partial charge < -0.3 is 16.0 Å². The molecule has 0 radical (unpaired) electrons. The predicted molar refractivity (Wildman–Crippen MR) is 105 cm³/mol. The lowest BCUT2D eigenvalue weighted by Gasteiger charge is -2.49. The van der Waals surface area contributed by atoms with E-state index in [1.165, 1.54) is 19.3 Å². The van der Waals surface area contributed by atoms with Crippen LogP contribution in [0.2, 0.25) is 0 Å². The Morgan fingerprint density at radius 1 is 1.00 bits per heavy atom. The van der Waals surface area contributed by atoms with Crippen LogP contribution in [0.4, 0.5) is 0 Å². The third-order valence-corrected chi connectivity index (χ3v) is 6.75. The molecule has 1 aliphatic heterocycles. The van der Waals surface area contributed by atoms with Gasteiger partial charge in [-0.1, -0.05) is 31.0 Å². The zero-order valence-corrected chi connectivity index (χ0v) is 16.2.